The molecule has 2 N–H and O–H groups in total. The molecule has 0 heterocycles. The molecule has 2 aromatic carbocycles. The van der Waals surface area contributed by atoms with Crippen molar-refractivity contribution >= 4 is 28.7 Å². The summed E-state index contributed by atoms with van der Waals surface area (Å²) in [6.45, 7) is 3.95. The molecule has 0 aliphatic heterocycles. The van der Waals surface area contributed by atoms with Crippen molar-refractivity contribution < 1.29 is 13.2 Å². The number of benzene rings is 2. The van der Waals surface area contributed by atoms with Gasteiger partial charge in [-0.2, -0.15) is 13.2 Å². The molecule has 0 aliphatic carbocycles. The fourth-order valence-electron chi connectivity index (χ4n) is 1.98. The predicted octanol–water partition coefficient (Wildman–Crippen LogP) is 5.13. The smallest absolute Gasteiger partial charge is 0.332 e. The van der Waals surface area contributed by atoms with Crippen LogP contribution in [-0.4, -0.2) is 5.11 Å². The lowest BCUT2D eigenvalue weighted by atomic mass is 10.1. The van der Waals surface area contributed by atoms with Crippen LogP contribution in [0.4, 0.5) is 24.5 Å². The zero-order valence-electron chi connectivity index (χ0n) is 12.1. The molecule has 2 nitrogen and oxygen atoms in total. The molecule has 0 aromatic heterocycles. The fourth-order valence-corrected chi connectivity index (χ4v) is 2.21. The van der Waals surface area contributed by atoms with Gasteiger partial charge in [0.25, 0.3) is 0 Å². The monoisotopic (exact) mass is 324 g/mol. The lowest BCUT2D eigenvalue weighted by Crippen LogP contribution is -2.19. The van der Waals surface area contributed by atoms with Crippen LogP contribution in [0.1, 0.15) is 16.7 Å². The van der Waals surface area contributed by atoms with E-state index in [-0.39, 0.29) is 0 Å². The number of aryl methyl sites for hydroxylation is 2. The molecule has 0 bridgehead atoms. The Balaban J connectivity index is 2.03. The van der Waals surface area contributed by atoms with Crippen molar-refractivity contribution in [1.29, 1.82) is 0 Å². The predicted molar refractivity (Wildman–Crippen MR) is 87.2 cm³/mol. The Kier molecular flexibility index (Phi) is 4.71. The number of rotatable bonds is 2. The molecule has 0 atom stereocenters. The normalized spacial score (nSPS) is 11.1. The number of alkyl halides is 3. The number of halogens is 3. The van der Waals surface area contributed by atoms with Crippen LogP contribution in [-0.2, 0) is 6.18 Å². The van der Waals surface area contributed by atoms with Crippen LogP contribution < -0.4 is 10.6 Å². The first-order chi connectivity index (χ1) is 10.3. The third-order valence-electron chi connectivity index (χ3n) is 3.10. The van der Waals surface area contributed by atoms with Gasteiger partial charge >= 0.3 is 6.18 Å². The van der Waals surface area contributed by atoms with Crippen molar-refractivity contribution in [3.8, 4) is 0 Å². The average Bonchev–Trinajstić information content (AvgIpc) is 2.41. The zero-order chi connectivity index (χ0) is 16.3. The van der Waals surface area contributed by atoms with Gasteiger partial charge in [0.05, 0.1) is 5.56 Å². The molecule has 0 fully saturated rings. The summed E-state index contributed by atoms with van der Waals surface area (Å²) in [6.07, 6.45) is -4.34. The first kappa shape index (κ1) is 16.3. The summed E-state index contributed by atoms with van der Waals surface area (Å²) < 4.78 is 37.5. The highest BCUT2D eigenvalue weighted by atomic mass is 32.1. The SMILES string of the molecule is Cc1ccc(NC(=S)Nc2ccc(C(F)(F)F)cc2)c(C)c1. The highest BCUT2D eigenvalue weighted by Gasteiger charge is 2.29. The van der Waals surface area contributed by atoms with E-state index in [4.69, 9.17) is 12.2 Å². The molecule has 0 amide bonds. The van der Waals surface area contributed by atoms with Crippen molar-refractivity contribution in [2.45, 2.75) is 20.0 Å². The van der Waals surface area contributed by atoms with Gasteiger partial charge < -0.3 is 10.6 Å². The van der Waals surface area contributed by atoms with E-state index in [2.05, 4.69) is 10.6 Å². The largest absolute Gasteiger partial charge is 0.416 e. The topological polar surface area (TPSA) is 24.1 Å². The van der Waals surface area contributed by atoms with E-state index in [1.807, 2.05) is 32.0 Å². The molecule has 0 saturated heterocycles. The molecule has 0 aliphatic rings. The summed E-state index contributed by atoms with van der Waals surface area (Å²) >= 11 is 5.17. The van der Waals surface area contributed by atoms with E-state index in [1.54, 1.807) is 0 Å². The summed E-state index contributed by atoms with van der Waals surface area (Å²) in [5, 5.41) is 6.22. The Bertz CT molecular complexity index is 679. The molecule has 6 heteroatoms. The number of hydrogen-bond donors (Lipinski definition) is 2. The Labute approximate surface area is 132 Å². The molecule has 0 spiro atoms. The van der Waals surface area contributed by atoms with E-state index >= 15 is 0 Å². The Morgan fingerprint density at radius 1 is 0.955 bits per heavy atom. The van der Waals surface area contributed by atoms with Crippen LogP contribution in [0.15, 0.2) is 42.5 Å². The second-order valence-corrected chi connectivity index (χ2v) is 5.38. The number of anilines is 2. The van der Waals surface area contributed by atoms with Crippen molar-refractivity contribution in [3.63, 3.8) is 0 Å². The molecule has 2 aromatic rings. The summed E-state index contributed by atoms with van der Waals surface area (Å²) in [5.74, 6) is 0. The summed E-state index contributed by atoms with van der Waals surface area (Å²) in [4.78, 5) is 0. The van der Waals surface area contributed by atoms with Gasteiger partial charge in [-0.3, -0.25) is 0 Å². The van der Waals surface area contributed by atoms with E-state index < -0.39 is 11.7 Å². The van der Waals surface area contributed by atoms with E-state index in [0.29, 0.717) is 10.8 Å². The summed E-state index contributed by atoms with van der Waals surface area (Å²) in [7, 11) is 0. The quantitative estimate of drug-likeness (QED) is 0.749. The van der Waals surface area contributed by atoms with Gasteiger partial charge in [0.15, 0.2) is 5.11 Å². The maximum Gasteiger partial charge on any atom is 0.416 e. The van der Waals surface area contributed by atoms with Crippen LogP contribution in [0.2, 0.25) is 0 Å². The van der Waals surface area contributed by atoms with Crippen LogP contribution >= 0.6 is 12.2 Å². The van der Waals surface area contributed by atoms with Crippen LogP contribution in [0.25, 0.3) is 0 Å². The minimum absolute atomic E-state index is 0.326. The Hall–Kier alpha value is -2.08. The standard InChI is InChI=1S/C16H15F3N2S/c1-10-3-8-14(11(2)9-10)21-15(22)20-13-6-4-12(5-7-13)16(17,18)19/h3-9H,1-2H3,(H2,20,21,22). The first-order valence-electron chi connectivity index (χ1n) is 6.58. The average molecular weight is 324 g/mol. The van der Waals surface area contributed by atoms with Crippen LogP contribution in [0.5, 0.6) is 0 Å². The van der Waals surface area contributed by atoms with Crippen LogP contribution in [0, 0.1) is 13.8 Å². The van der Waals surface area contributed by atoms with Crippen molar-refractivity contribution in [2.75, 3.05) is 10.6 Å². The molecule has 2 rings (SSSR count). The summed E-state index contributed by atoms with van der Waals surface area (Å²) in [5.41, 5.74) is 2.85. The van der Waals surface area contributed by atoms with E-state index in [9.17, 15) is 13.2 Å². The van der Waals surface area contributed by atoms with Crippen molar-refractivity contribution in [3.05, 3.63) is 59.2 Å². The van der Waals surface area contributed by atoms with Gasteiger partial charge in [0.2, 0.25) is 0 Å². The minimum atomic E-state index is -4.34. The molecule has 116 valence electrons. The van der Waals surface area contributed by atoms with Gasteiger partial charge in [0.1, 0.15) is 0 Å². The number of nitrogens with one attached hydrogen (secondary N) is 2. The zero-order valence-corrected chi connectivity index (χ0v) is 12.9. The highest BCUT2D eigenvalue weighted by molar-refractivity contribution is 7.80. The molecular weight excluding hydrogens is 309 g/mol. The molecule has 0 radical (unpaired) electrons. The van der Waals surface area contributed by atoms with Gasteiger partial charge in [-0.1, -0.05) is 17.7 Å². The second-order valence-electron chi connectivity index (χ2n) is 4.97. The lowest BCUT2D eigenvalue weighted by Gasteiger charge is -2.13. The maximum absolute atomic E-state index is 12.5. The third-order valence-corrected chi connectivity index (χ3v) is 3.30. The maximum atomic E-state index is 12.5. The number of hydrogen-bond acceptors (Lipinski definition) is 1. The van der Waals surface area contributed by atoms with Gasteiger partial charge in [0, 0.05) is 11.4 Å². The van der Waals surface area contributed by atoms with E-state index in [0.717, 1.165) is 28.9 Å². The summed E-state index contributed by atoms with van der Waals surface area (Å²) in [6, 6.07) is 10.6. The lowest BCUT2D eigenvalue weighted by molar-refractivity contribution is -0.137. The second kappa shape index (κ2) is 6.36. The Morgan fingerprint density at radius 3 is 2.14 bits per heavy atom. The molecule has 0 saturated carbocycles. The van der Waals surface area contributed by atoms with Gasteiger partial charge in [-0.15, -0.1) is 0 Å². The first-order valence-corrected chi connectivity index (χ1v) is 6.99. The van der Waals surface area contributed by atoms with Crippen molar-refractivity contribution in [2.24, 2.45) is 0 Å². The molecule has 0 unspecified atom stereocenters. The fraction of sp³-hybridized carbons (Fsp3) is 0.188. The van der Waals surface area contributed by atoms with Crippen molar-refractivity contribution in [1.82, 2.24) is 0 Å². The number of thiocarbonyl (C=S) groups is 1. The van der Waals surface area contributed by atoms with Crippen LogP contribution in [0.3, 0.4) is 0 Å². The van der Waals surface area contributed by atoms with E-state index in [1.165, 1.54) is 12.1 Å². The minimum Gasteiger partial charge on any atom is -0.332 e. The molecular formula is C16H15F3N2S. The van der Waals surface area contributed by atoms with Gasteiger partial charge in [-0.25, -0.2) is 0 Å². The highest BCUT2D eigenvalue weighted by Crippen LogP contribution is 2.29. The third kappa shape index (κ3) is 4.21. The Morgan fingerprint density at radius 2 is 1.59 bits per heavy atom. The molecule has 22 heavy (non-hydrogen) atoms. The van der Waals surface area contributed by atoms with Gasteiger partial charge in [-0.05, 0) is 62.0 Å².